The first-order valence-electron chi connectivity index (χ1n) is 10.8. The second-order valence-corrected chi connectivity index (χ2v) is 7.99. The predicted octanol–water partition coefficient (Wildman–Crippen LogP) is 4.69. The van der Waals surface area contributed by atoms with Gasteiger partial charge in [0.05, 0.1) is 6.54 Å². The van der Waals surface area contributed by atoms with Crippen molar-refractivity contribution in [1.82, 2.24) is 10.2 Å². The molecule has 1 amide bonds. The Hall–Kier alpha value is -2.11. The van der Waals surface area contributed by atoms with Crippen molar-refractivity contribution >= 4 is 5.91 Å². The van der Waals surface area contributed by atoms with E-state index in [1.165, 1.54) is 43.2 Å². The van der Waals surface area contributed by atoms with Gasteiger partial charge in [0.25, 0.3) is 5.91 Å². The van der Waals surface area contributed by atoms with Crippen LogP contribution in [0.4, 0.5) is 0 Å². The number of rotatable bonds is 10. The molecule has 158 valence electrons. The van der Waals surface area contributed by atoms with Gasteiger partial charge in [0, 0.05) is 32.8 Å². The van der Waals surface area contributed by atoms with Crippen molar-refractivity contribution in [3.05, 3.63) is 59.0 Å². The second-order valence-electron chi connectivity index (χ2n) is 7.99. The van der Waals surface area contributed by atoms with Crippen molar-refractivity contribution < 1.29 is 13.9 Å². The molecule has 1 aromatic carbocycles. The second kappa shape index (κ2) is 11.2. The van der Waals surface area contributed by atoms with Crippen LogP contribution < -0.4 is 5.32 Å². The van der Waals surface area contributed by atoms with Gasteiger partial charge in [-0.25, -0.2) is 0 Å². The summed E-state index contributed by atoms with van der Waals surface area (Å²) in [5, 5.41) is 2.88. The lowest BCUT2D eigenvalue weighted by Crippen LogP contribution is -2.36. The number of methoxy groups -OCH3 is 1. The Bertz CT molecular complexity index is 765. The minimum atomic E-state index is -0.157. The normalized spacial score (nSPS) is 15.0. The van der Waals surface area contributed by atoms with E-state index in [1.807, 2.05) is 6.07 Å². The minimum Gasteiger partial charge on any atom is -0.455 e. The summed E-state index contributed by atoms with van der Waals surface area (Å²) in [6.45, 7) is 5.04. The van der Waals surface area contributed by atoms with E-state index in [-0.39, 0.29) is 5.91 Å². The average molecular weight is 399 g/mol. The van der Waals surface area contributed by atoms with Gasteiger partial charge in [0.1, 0.15) is 5.76 Å². The third kappa shape index (κ3) is 6.44. The quantitative estimate of drug-likeness (QED) is 0.590. The van der Waals surface area contributed by atoms with Crippen LogP contribution >= 0.6 is 0 Å². The van der Waals surface area contributed by atoms with Crippen LogP contribution in [0.2, 0.25) is 0 Å². The fourth-order valence-corrected chi connectivity index (χ4v) is 4.06. The first-order chi connectivity index (χ1) is 14.2. The third-order valence-electron chi connectivity index (χ3n) is 5.78. The maximum atomic E-state index is 12.3. The molecular formula is C24H34N2O3. The fraction of sp³-hybridized carbons (Fsp3) is 0.542. The number of ether oxygens (including phenoxy) is 1. The third-order valence-corrected chi connectivity index (χ3v) is 5.78. The number of carbonyl (C=O) groups is 1. The summed E-state index contributed by atoms with van der Waals surface area (Å²) in [5.74, 6) is 1.08. The lowest BCUT2D eigenvalue weighted by Gasteiger charge is -2.34. The molecule has 0 bridgehead atoms. The molecule has 1 saturated carbocycles. The zero-order valence-electron chi connectivity index (χ0n) is 17.8. The minimum absolute atomic E-state index is 0.157. The Labute approximate surface area is 174 Å². The summed E-state index contributed by atoms with van der Waals surface area (Å²) in [6, 6.07) is 12.9. The van der Waals surface area contributed by atoms with Crippen LogP contribution in [0.3, 0.4) is 0 Å². The van der Waals surface area contributed by atoms with Crippen molar-refractivity contribution in [3.8, 4) is 0 Å². The smallest absolute Gasteiger partial charge is 0.286 e. The number of carbonyl (C=O) groups excluding carboxylic acids is 1. The largest absolute Gasteiger partial charge is 0.455 e. The highest BCUT2D eigenvalue weighted by molar-refractivity contribution is 5.91. The number of nitrogens with zero attached hydrogens (tertiary/aromatic N) is 1. The fourth-order valence-electron chi connectivity index (χ4n) is 4.06. The summed E-state index contributed by atoms with van der Waals surface area (Å²) in [5.41, 5.74) is 2.68. The Kier molecular flexibility index (Phi) is 8.32. The number of furan rings is 1. The molecule has 5 nitrogen and oxygen atoms in total. The molecule has 0 atom stereocenters. The van der Waals surface area contributed by atoms with Crippen molar-refractivity contribution in [3.63, 3.8) is 0 Å². The van der Waals surface area contributed by atoms with Crippen molar-refractivity contribution in [2.45, 2.75) is 64.6 Å². The molecule has 1 heterocycles. The maximum Gasteiger partial charge on any atom is 0.286 e. The Morgan fingerprint density at radius 1 is 1.14 bits per heavy atom. The van der Waals surface area contributed by atoms with E-state index in [4.69, 9.17) is 9.15 Å². The molecule has 29 heavy (non-hydrogen) atoms. The van der Waals surface area contributed by atoms with Crippen LogP contribution in [0.15, 0.2) is 40.8 Å². The van der Waals surface area contributed by atoms with E-state index >= 15 is 0 Å². The molecule has 0 aliphatic heterocycles. The Morgan fingerprint density at radius 2 is 1.93 bits per heavy atom. The van der Waals surface area contributed by atoms with Crippen LogP contribution in [0, 0.1) is 6.92 Å². The van der Waals surface area contributed by atoms with Gasteiger partial charge in [-0.2, -0.15) is 0 Å². The van der Waals surface area contributed by atoms with Gasteiger partial charge in [-0.15, -0.1) is 0 Å². The lowest BCUT2D eigenvalue weighted by atomic mass is 9.93. The molecule has 1 N–H and O–H groups in total. The molecule has 2 aromatic rings. The number of hydrogen-bond donors (Lipinski definition) is 1. The zero-order valence-corrected chi connectivity index (χ0v) is 17.8. The summed E-state index contributed by atoms with van der Waals surface area (Å²) in [6.07, 6.45) is 7.19. The van der Waals surface area contributed by atoms with E-state index in [9.17, 15) is 4.79 Å². The van der Waals surface area contributed by atoms with Crippen LogP contribution in [0.25, 0.3) is 0 Å². The van der Waals surface area contributed by atoms with E-state index < -0.39 is 0 Å². The molecule has 1 aliphatic rings. The van der Waals surface area contributed by atoms with Gasteiger partial charge in [-0.1, -0.05) is 43.5 Å². The molecule has 1 fully saturated rings. The van der Waals surface area contributed by atoms with Crippen LogP contribution in [0.5, 0.6) is 0 Å². The van der Waals surface area contributed by atoms with Gasteiger partial charge in [0.2, 0.25) is 0 Å². The molecule has 0 saturated heterocycles. The molecule has 5 heteroatoms. The van der Waals surface area contributed by atoms with Gasteiger partial charge < -0.3 is 14.5 Å². The average Bonchev–Trinajstić information content (AvgIpc) is 3.21. The van der Waals surface area contributed by atoms with Crippen LogP contribution in [-0.2, 0) is 17.8 Å². The molecule has 0 radical (unpaired) electrons. The summed E-state index contributed by atoms with van der Waals surface area (Å²) in [4.78, 5) is 14.8. The number of benzene rings is 1. The molecule has 3 rings (SSSR count). The number of hydrogen-bond acceptors (Lipinski definition) is 4. The van der Waals surface area contributed by atoms with Crippen molar-refractivity contribution in [1.29, 1.82) is 0 Å². The van der Waals surface area contributed by atoms with Gasteiger partial charge in [-0.3, -0.25) is 9.69 Å². The standard InChI is InChI=1S/C24H34N2O3/c1-19-9-6-7-10-20(19)17-26(21-11-4-3-5-12-21)18-22-13-14-23(29-22)24(27)25-15-8-16-28-2/h6-7,9-10,13-14,21H,3-5,8,11-12,15-18H2,1-2H3,(H,25,27). The SMILES string of the molecule is COCCCNC(=O)c1ccc(CN(Cc2ccccc2C)C2CCCCC2)o1. The highest BCUT2D eigenvalue weighted by atomic mass is 16.5. The van der Waals surface area contributed by atoms with E-state index in [0.717, 1.165) is 25.3 Å². The van der Waals surface area contributed by atoms with Gasteiger partial charge >= 0.3 is 0 Å². The van der Waals surface area contributed by atoms with Crippen LogP contribution in [0.1, 0.15) is 66.0 Å². The number of aryl methyl sites for hydroxylation is 1. The Balaban J connectivity index is 1.65. The predicted molar refractivity (Wildman–Crippen MR) is 115 cm³/mol. The Morgan fingerprint density at radius 3 is 2.69 bits per heavy atom. The highest BCUT2D eigenvalue weighted by Crippen LogP contribution is 2.26. The summed E-state index contributed by atoms with van der Waals surface area (Å²) >= 11 is 0. The lowest BCUT2D eigenvalue weighted by molar-refractivity contribution is 0.0911. The molecule has 0 spiro atoms. The zero-order chi connectivity index (χ0) is 20.5. The van der Waals surface area contributed by atoms with Crippen LogP contribution in [-0.4, -0.2) is 37.1 Å². The van der Waals surface area contributed by atoms with Crippen molar-refractivity contribution in [2.75, 3.05) is 20.3 Å². The van der Waals surface area contributed by atoms with E-state index in [2.05, 4.69) is 41.4 Å². The highest BCUT2D eigenvalue weighted by Gasteiger charge is 2.23. The summed E-state index contributed by atoms with van der Waals surface area (Å²) < 4.78 is 10.9. The molecule has 1 aromatic heterocycles. The van der Waals surface area contributed by atoms with E-state index in [1.54, 1.807) is 13.2 Å². The van der Waals surface area contributed by atoms with Gasteiger partial charge in [0.15, 0.2) is 5.76 Å². The maximum absolute atomic E-state index is 12.3. The first-order valence-corrected chi connectivity index (χ1v) is 10.8. The molecule has 0 unspecified atom stereocenters. The van der Waals surface area contributed by atoms with Gasteiger partial charge in [-0.05, 0) is 49.4 Å². The van der Waals surface area contributed by atoms with Crippen molar-refractivity contribution in [2.24, 2.45) is 0 Å². The number of nitrogens with one attached hydrogen (secondary N) is 1. The van der Waals surface area contributed by atoms with E-state index in [0.29, 0.717) is 25.0 Å². The molecule has 1 aliphatic carbocycles. The number of amides is 1. The summed E-state index contributed by atoms with van der Waals surface area (Å²) in [7, 11) is 1.66. The molecular weight excluding hydrogens is 364 g/mol. The monoisotopic (exact) mass is 398 g/mol. The topological polar surface area (TPSA) is 54.7 Å². The first kappa shape index (κ1) is 21.6.